The van der Waals surface area contributed by atoms with Gasteiger partial charge in [-0.2, -0.15) is 0 Å². The Kier molecular flexibility index (Phi) is 9.58. The lowest BCUT2D eigenvalue weighted by Gasteiger charge is -2.21. The minimum absolute atomic E-state index is 0. The molecule has 0 atom stereocenters. The summed E-state index contributed by atoms with van der Waals surface area (Å²) in [7, 11) is 1.69. The first-order valence-corrected chi connectivity index (χ1v) is 7.78. The Labute approximate surface area is 153 Å². The highest BCUT2D eigenvalue weighted by Gasteiger charge is 2.13. The number of halogens is 1. The summed E-state index contributed by atoms with van der Waals surface area (Å²) in [6.07, 6.45) is 2.72. The van der Waals surface area contributed by atoms with Crippen LogP contribution in [0.1, 0.15) is 30.7 Å². The van der Waals surface area contributed by atoms with Gasteiger partial charge in [0, 0.05) is 36.6 Å². The van der Waals surface area contributed by atoms with Gasteiger partial charge in [0.05, 0.1) is 11.6 Å². The number of amides is 1. The van der Waals surface area contributed by atoms with Crippen molar-refractivity contribution >= 4 is 47.2 Å². The molecule has 0 saturated carbocycles. The summed E-state index contributed by atoms with van der Waals surface area (Å²) in [5.74, 6) is 0.563. The van der Waals surface area contributed by atoms with E-state index < -0.39 is 0 Å². The third-order valence-electron chi connectivity index (χ3n) is 2.45. The number of rotatable bonds is 5. The van der Waals surface area contributed by atoms with Crippen LogP contribution in [0.15, 0.2) is 11.2 Å². The zero-order valence-electron chi connectivity index (χ0n) is 13.8. The fraction of sp³-hybridized carbons (Fsp3) is 0.643. The second-order valence-corrected chi connectivity index (χ2v) is 7.08. The van der Waals surface area contributed by atoms with Crippen molar-refractivity contribution in [3.63, 3.8) is 0 Å². The molecule has 1 rings (SSSR count). The van der Waals surface area contributed by atoms with E-state index in [4.69, 9.17) is 0 Å². The molecule has 1 aromatic heterocycles. The van der Waals surface area contributed by atoms with Gasteiger partial charge in [0.2, 0.25) is 5.91 Å². The van der Waals surface area contributed by atoms with Crippen LogP contribution < -0.4 is 16.0 Å². The van der Waals surface area contributed by atoms with Crippen molar-refractivity contribution in [1.29, 1.82) is 0 Å². The van der Waals surface area contributed by atoms with Crippen LogP contribution in [0.5, 0.6) is 0 Å². The number of aryl methyl sites for hydroxylation is 1. The van der Waals surface area contributed by atoms with Crippen molar-refractivity contribution in [2.24, 2.45) is 4.99 Å². The van der Waals surface area contributed by atoms with E-state index in [1.807, 2.05) is 33.9 Å². The number of hydrogen-bond donors (Lipinski definition) is 3. The largest absolute Gasteiger partial charge is 0.356 e. The molecule has 0 radical (unpaired) electrons. The van der Waals surface area contributed by atoms with E-state index in [9.17, 15) is 4.79 Å². The minimum atomic E-state index is -0.224. The molecule has 8 heteroatoms. The highest BCUT2D eigenvalue weighted by Crippen LogP contribution is 2.10. The van der Waals surface area contributed by atoms with E-state index in [0.29, 0.717) is 5.96 Å². The molecule has 0 fully saturated rings. The molecule has 22 heavy (non-hydrogen) atoms. The van der Waals surface area contributed by atoms with Crippen LogP contribution in [0, 0.1) is 6.92 Å². The summed E-state index contributed by atoms with van der Waals surface area (Å²) >= 11 is 1.70. The van der Waals surface area contributed by atoms with Crippen molar-refractivity contribution < 1.29 is 4.79 Å². The third kappa shape index (κ3) is 9.19. The number of carbonyl (C=O) groups excluding carboxylic acids is 1. The van der Waals surface area contributed by atoms with Crippen LogP contribution in [-0.2, 0) is 11.2 Å². The first-order chi connectivity index (χ1) is 9.80. The normalized spacial score (nSPS) is 11.6. The van der Waals surface area contributed by atoms with Crippen LogP contribution in [0.25, 0.3) is 0 Å². The van der Waals surface area contributed by atoms with Crippen LogP contribution >= 0.6 is 35.3 Å². The maximum absolute atomic E-state index is 11.7. The van der Waals surface area contributed by atoms with Gasteiger partial charge in [-0.15, -0.1) is 35.3 Å². The molecule has 0 aliphatic rings. The average molecular weight is 439 g/mol. The molecule has 1 amide bonds. The summed E-state index contributed by atoms with van der Waals surface area (Å²) in [5.41, 5.74) is -0.224. The van der Waals surface area contributed by atoms with Crippen molar-refractivity contribution in [1.82, 2.24) is 20.9 Å². The Hall–Kier alpha value is -0.900. The fourth-order valence-corrected chi connectivity index (χ4v) is 2.44. The quantitative estimate of drug-likeness (QED) is 0.371. The van der Waals surface area contributed by atoms with Gasteiger partial charge in [0.25, 0.3) is 0 Å². The topological polar surface area (TPSA) is 78.4 Å². The molecular formula is C14H26IN5OS. The van der Waals surface area contributed by atoms with Gasteiger partial charge in [0.1, 0.15) is 0 Å². The number of carbonyl (C=O) groups is 1. The van der Waals surface area contributed by atoms with Gasteiger partial charge in [-0.1, -0.05) is 0 Å². The fourth-order valence-electron chi connectivity index (χ4n) is 1.65. The predicted molar refractivity (Wildman–Crippen MR) is 103 cm³/mol. The van der Waals surface area contributed by atoms with E-state index in [1.54, 1.807) is 18.4 Å². The van der Waals surface area contributed by atoms with Crippen LogP contribution in [-0.4, -0.2) is 42.5 Å². The maximum atomic E-state index is 11.7. The Morgan fingerprint density at radius 3 is 2.55 bits per heavy atom. The second kappa shape index (κ2) is 9.98. The van der Waals surface area contributed by atoms with Gasteiger partial charge in [0.15, 0.2) is 5.96 Å². The maximum Gasteiger partial charge on any atom is 0.239 e. The number of aliphatic imine (C=N–C) groups is 1. The number of nitrogens with one attached hydrogen (secondary N) is 3. The molecule has 0 aliphatic heterocycles. The van der Waals surface area contributed by atoms with Crippen molar-refractivity contribution in [2.75, 3.05) is 20.1 Å². The van der Waals surface area contributed by atoms with Gasteiger partial charge in [-0.25, -0.2) is 4.98 Å². The van der Waals surface area contributed by atoms with Gasteiger partial charge < -0.3 is 16.0 Å². The molecule has 0 aromatic carbocycles. The summed E-state index contributed by atoms with van der Waals surface area (Å²) in [6, 6.07) is 0. The number of nitrogens with zero attached hydrogens (tertiary/aromatic N) is 2. The minimum Gasteiger partial charge on any atom is -0.356 e. The molecule has 0 unspecified atom stereocenters. The molecule has 0 spiro atoms. The summed E-state index contributed by atoms with van der Waals surface area (Å²) in [4.78, 5) is 21.3. The van der Waals surface area contributed by atoms with E-state index in [2.05, 4.69) is 25.9 Å². The average Bonchev–Trinajstić information content (AvgIpc) is 2.77. The standard InChI is InChI=1S/C14H25N5OS.HI/c1-10-8-17-12(21-10)6-7-16-13(15-5)18-9-11(20)19-14(2,3)4;/h8H,6-7,9H2,1-5H3,(H,19,20)(H2,15,16,18);1H. The van der Waals surface area contributed by atoms with Crippen LogP contribution in [0.3, 0.4) is 0 Å². The lowest BCUT2D eigenvalue weighted by atomic mass is 10.1. The Bertz CT molecular complexity index is 496. The molecule has 3 N–H and O–H groups in total. The molecule has 1 heterocycles. The van der Waals surface area contributed by atoms with Crippen LogP contribution in [0.2, 0.25) is 0 Å². The summed E-state index contributed by atoms with van der Waals surface area (Å²) < 4.78 is 0. The molecule has 0 aliphatic carbocycles. The highest BCUT2D eigenvalue weighted by atomic mass is 127. The third-order valence-corrected chi connectivity index (χ3v) is 3.43. The van der Waals surface area contributed by atoms with E-state index >= 15 is 0 Å². The molecule has 0 saturated heterocycles. The number of aromatic nitrogens is 1. The molecule has 126 valence electrons. The molecule has 6 nitrogen and oxygen atoms in total. The van der Waals surface area contributed by atoms with E-state index in [1.165, 1.54) is 4.88 Å². The lowest BCUT2D eigenvalue weighted by Crippen LogP contribution is -2.48. The molecule has 1 aromatic rings. The second-order valence-electron chi connectivity index (χ2n) is 5.77. The lowest BCUT2D eigenvalue weighted by molar-refractivity contribution is -0.121. The van der Waals surface area contributed by atoms with Gasteiger partial charge in [-0.05, 0) is 27.7 Å². The van der Waals surface area contributed by atoms with E-state index in [-0.39, 0.29) is 42.0 Å². The smallest absolute Gasteiger partial charge is 0.239 e. The summed E-state index contributed by atoms with van der Waals surface area (Å²) in [6.45, 7) is 8.83. The Morgan fingerprint density at radius 2 is 2.05 bits per heavy atom. The highest BCUT2D eigenvalue weighted by molar-refractivity contribution is 14.0. The number of hydrogen-bond acceptors (Lipinski definition) is 4. The van der Waals surface area contributed by atoms with Gasteiger partial charge in [-0.3, -0.25) is 9.79 Å². The van der Waals surface area contributed by atoms with Crippen molar-refractivity contribution in [3.8, 4) is 0 Å². The monoisotopic (exact) mass is 439 g/mol. The zero-order valence-corrected chi connectivity index (χ0v) is 17.0. The molecular weight excluding hydrogens is 413 g/mol. The van der Waals surface area contributed by atoms with E-state index in [0.717, 1.165) is 18.0 Å². The Balaban J connectivity index is 0.00000441. The van der Waals surface area contributed by atoms with Crippen molar-refractivity contribution in [2.45, 2.75) is 39.7 Å². The zero-order chi connectivity index (χ0) is 15.9. The van der Waals surface area contributed by atoms with Crippen LogP contribution in [0.4, 0.5) is 0 Å². The van der Waals surface area contributed by atoms with Gasteiger partial charge >= 0.3 is 0 Å². The first kappa shape index (κ1) is 21.1. The summed E-state index contributed by atoms with van der Waals surface area (Å²) in [5, 5.41) is 10.2. The Morgan fingerprint density at radius 1 is 1.36 bits per heavy atom. The number of thiazole rings is 1. The SMILES string of the molecule is CN=C(NCCc1ncc(C)s1)NCC(=O)NC(C)(C)C.I. The molecule has 0 bridgehead atoms. The van der Waals surface area contributed by atoms with Crippen molar-refractivity contribution in [3.05, 3.63) is 16.1 Å². The predicted octanol–water partition coefficient (Wildman–Crippen LogP) is 1.69. The first-order valence-electron chi connectivity index (χ1n) is 6.97. The number of guanidine groups is 1.